The number of hydrogen-bond donors (Lipinski definition) is 1. The Morgan fingerprint density at radius 2 is 1.88 bits per heavy atom. The summed E-state index contributed by atoms with van der Waals surface area (Å²) in [5, 5.41) is 3.20. The maximum absolute atomic E-state index is 12.0. The molecule has 2 heteroatoms. The largest absolute Gasteiger partial charge is 0.316 e. The minimum absolute atomic E-state index is 0.0485. The molecule has 16 heavy (non-hydrogen) atoms. The average molecular weight is 219 g/mol. The molecule has 0 saturated heterocycles. The molecule has 0 radical (unpaired) electrons. The van der Waals surface area contributed by atoms with Gasteiger partial charge in [0.1, 0.15) is 0 Å². The summed E-state index contributed by atoms with van der Waals surface area (Å²) in [4.78, 5) is 12.0. The third-order valence-corrected chi connectivity index (χ3v) is 2.79. The van der Waals surface area contributed by atoms with Crippen LogP contribution in [0.4, 0.5) is 0 Å². The molecule has 0 aliphatic heterocycles. The number of carbonyl (C=O) groups is 1. The minimum atomic E-state index is 0.0485. The Morgan fingerprint density at radius 3 is 2.38 bits per heavy atom. The lowest BCUT2D eigenvalue weighted by Gasteiger charge is -2.11. The monoisotopic (exact) mass is 219 g/mol. The van der Waals surface area contributed by atoms with Crippen LogP contribution in [0, 0.1) is 5.92 Å². The first kappa shape index (κ1) is 12.9. The summed E-state index contributed by atoms with van der Waals surface area (Å²) in [5.74, 6) is 0.274. The molecule has 0 bridgehead atoms. The van der Waals surface area contributed by atoms with Gasteiger partial charge in [-0.3, -0.25) is 4.79 Å². The zero-order valence-corrected chi connectivity index (χ0v) is 10.4. The summed E-state index contributed by atoms with van der Waals surface area (Å²) >= 11 is 0. The number of rotatable bonds is 6. The number of hydrogen-bond acceptors (Lipinski definition) is 2. The van der Waals surface area contributed by atoms with E-state index in [0.29, 0.717) is 0 Å². The van der Waals surface area contributed by atoms with Crippen LogP contribution < -0.4 is 5.32 Å². The lowest BCUT2D eigenvalue weighted by atomic mass is 9.98. The predicted molar refractivity (Wildman–Crippen MR) is 67.9 cm³/mol. The molecule has 1 N–H and O–H groups in total. The molecule has 0 amide bonds. The van der Waals surface area contributed by atoms with Crippen LogP contribution in [0.25, 0.3) is 0 Å². The Hall–Kier alpha value is -1.15. The highest BCUT2D eigenvalue weighted by molar-refractivity contribution is 5.97. The van der Waals surface area contributed by atoms with Gasteiger partial charge in [0.05, 0.1) is 0 Å². The zero-order chi connectivity index (χ0) is 12.0. The van der Waals surface area contributed by atoms with E-state index in [0.717, 1.165) is 25.1 Å². The highest BCUT2D eigenvalue weighted by Gasteiger charge is 2.13. The summed E-state index contributed by atoms with van der Waals surface area (Å²) in [6, 6.07) is 7.94. The summed E-state index contributed by atoms with van der Waals surface area (Å²) in [6.45, 7) is 7.80. The average Bonchev–Trinajstić information content (AvgIpc) is 2.35. The van der Waals surface area contributed by atoms with E-state index in [4.69, 9.17) is 0 Å². The molecule has 88 valence electrons. The Balaban J connectivity index is 2.64. The van der Waals surface area contributed by atoms with Crippen molar-refractivity contribution in [1.82, 2.24) is 5.32 Å². The maximum atomic E-state index is 12.0. The molecule has 0 aliphatic rings. The van der Waals surface area contributed by atoms with Crippen molar-refractivity contribution in [3.05, 3.63) is 35.4 Å². The van der Waals surface area contributed by atoms with Gasteiger partial charge in [0, 0.05) is 18.0 Å². The Kier molecular flexibility index (Phi) is 5.20. The number of ketones is 1. The van der Waals surface area contributed by atoms with Crippen LogP contribution >= 0.6 is 0 Å². The highest BCUT2D eigenvalue weighted by atomic mass is 16.1. The van der Waals surface area contributed by atoms with Crippen molar-refractivity contribution in [2.24, 2.45) is 5.92 Å². The van der Waals surface area contributed by atoms with Crippen LogP contribution in [-0.2, 0) is 6.42 Å². The lowest BCUT2D eigenvalue weighted by Crippen LogP contribution is -2.26. The van der Waals surface area contributed by atoms with E-state index in [1.165, 1.54) is 5.56 Å². The van der Waals surface area contributed by atoms with E-state index in [1.54, 1.807) is 0 Å². The molecule has 1 rings (SSSR count). The second kappa shape index (κ2) is 6.44. The van der Waals surface area contributed by atoms with Crippen molar-refractivity contribution in [1.29, 1.82) is 0 Å². The quantitative estimate of drug-likeness (QED) is 0.745. The number of aryl methyl sites for hydroxylation is 1. The molecule has 0 heterocycles. The highest BCUT2D eigenvalue weighted by Crippen LogP contribution is 2.10. The minimum Gasteiger partial charge on any atom is -0.316 e. The topological polar surface area (TPSA) is 29.1 Å². The van der Waals surface area contributed by atoms with Gasteiger partial charge in [0.2, 0.25) is 0 Å². The molecule has 0 spiro atoms. The Labute approximate surface area is 98.1 Å². The van der Waals surface area contributed by atoms with E-state index in [1.807, 2.05) is 38.1 Å². The van der Waals surface area contributed by atoms with Crippen molar-refractivity contribution >= 4 is 5.78 Å². The SMILES string of the molecule is CCNCC(C)C(=O)c1ccc(CC)cc1. The van der Waals surface area contributed by atoms with Gasteiger partial charge in [-0.1, -0.05) is 45.0 Å². The van der Waals surface area contributed by atoms with Crippen molar-refractivity contribution in [2.45, 2.75) is 27.2 Å². The maximum Gasteiger partial charge on any atom is 0.166 e. The first-order chi connectivity index (χ1) is 7.69. The lowest BCUT2D eigenvalue weighted by molar-refractivity contribution is 0.0929. The van der Waals surface area contributed by atoms with Crippen LogP contribution in [0.3, 0.4) is 0 Å². The first-order valence-electron chi connectivity index (χ1n) is 6.02. The number of nitrogens with one attached hydrogen (secondary N) is 1. The first-order valence-corrected chi connectivity index (χ1v) is 6.02. The van der Waals surface area contributed by atoms with E-state index in [2.05, 4.69) is 12.2 Å². The van der Waals surface area contributed by atoms with Crippen molar-refractivity contribution in [3.8, 4) is 0 Å². The zero-order valence-electron chi connectivity index (χ0n) is 10.4. The van der Waals surface area contributed by atoms with Gasteiger partial charge in [0.25, 0.3) is 0 Å². The second-order valence-electron chi connectivity index (χ2n) is 4.12. The van der Waals surface area contributed by atoms with Gasteiger partial charge in [-0.2, -0.15) is 0 Å². The summed E-state index contributed by atoms with van der Waals surface area (Å²) in [5.41, 5.74) is 2.10. The molecule has 0 fully saturated rings. The normalized spacial score (nSPS) is 12.4. The summed E-state index contributed by atoms with van der Waals surface area (Å²) < 4.78 is 0. The smallest absolute Gasteiger partial charge is 0.166 e. The van der Waals surface area contributed by atoms with Gasteiger partial charge in [-0.05, 0) is 18.5 Å². The van der Waals surface area contributed by atoms with E-state index < -0.39 is 0 Å². The fraction of sp³-hybridized carbons (Fsp3) is 0.500. The molecule has 0 saturated carbocycles. The van der Waals surface area contributed by atoms with Gasteiger partial charge in [-0.25, -0.2) is 0 Å². The Morgan fingerprint density at radius 1 is 1.25 bits per heavy atom. The van der Waals surface area contributed by atoms with Crippen LogP contribution in [-0.4, -0.2) is 18.9 Å². The second-order valence-corrected chi connectivity index (χ2v) is 4.12. The van der Waals surface area contributed by atoms with E-state index in [9.17, 15) is 4.79 Å². The fourth-order valence-corrected chi connectivity index (χ4v) is 1.64. The molecule has 0 aliphatic carbocycles. The standard InChI is InChI=1S/C14H21NO/c1-4-12-6-8-13(9-7-12)14(16)11(3)10-15-5-2/h6-9,11,15H,4-5,10H2,1-3H3. The van der Waals surface area contributed by atoms with Crippen molar-refractivity contribution in [2.75, 3.05) is 13.1 Å². The molecule has 1 aromatic carbocycles. The van der Waals surface area contributed by atoms with Gasteiger partial charge in [-0.15, -0.1) is 0 Å². The van der Waals surface area contributed by atoms with Crippen molar-refractivity contribution in [3.63, 3.8) is 0 Å². The molecular weight excluding hydrogens is 198 g/mol. The van der Waals surface area contributed by atoms with Gasteiger partial charge < -0.3 is 5.32 Å². The van der Waals surface area contributed by atoms with Crippen LogP contribution in [0.2, 0.25) is 0 Å². The number of Topliss-reactive ketones (excluding diaryl/α,β-unsaturated/α-hetero) is 1. The summed E-state index contributed by atoms with van der Waals surface area (Å²) in [6.07, 6.45) is 1.02. The van der Waals surface area contributed by atoms with Crippen molar-refractivity contribution < 1.29 is 4.79 Å². The fourth-order valence-electron chi connectivity index (χ4n) is 1.64. The molecular formula is C14H21NO. The van der Waals surface area contributed by atoms with Crippen LogP contribution in [0.1, 0.15) is 36.7 Å². The van der Waals surface area contributed by atoms with Crippen LogP contribution in [0.15, 0.2) is 24.3 Å². The van der Waals surface area contributed by atoms with E-state index >= 15 is 0 Å². The number of benzene rings is 1. The van der Waals surface area contributed by atoms with Crippen LogP contribution in [0.5, 0.6) is 0 Å². The molecule has 0 aromatic heterocycles. The predicted octanol–water partition coefficient (Wildman–Crippen LogP) is 2.68. The summed E-state index contributed by atoms with van der Waals surface area (Å²) in [7, 11) is 0. The number of carbonyl (C=O) groups excluding carboxylic acids is 1. The van der Waals surface area contributed by atoms with Gasteiger partial charge in [0.15, 0.2) is 5.78 Å². The molecule has 1 unspecified atom stereocenters. The van der Waals surface area contributed by atoms with E-state index in [-0.39, 0.29) is 11.7 Å². The Bertz CT molecular complexity index is 329. The molecule has 1 aromatic rings. The third kappa shape index (κ3) is 3.46. The molecule has 1 atom stereocenters. The third-order valence-electron chi connectivity index (χ3n) is 2.79. The molecule has 2 nitrogen and oxygen atoms in total. The van der Waals surface area contributed by atoms with Gasteiger partial charge >= 0.3 is 0 Å².